The van der Waals surface area contributed by atoms with Crippen molar-refractivity contribution in [1.82, 2.24) is 4.90 Å². The van der Waals surface area contributed by atoms with E-state index >= 15 is 0 Å². The van der Waals surface area contributed by atoms with Crippen molar-refractivity contribution < 1.29 is 4.79 Å². The molecule has 3 rings (SSSR count). The highest BCUT2D eigenvalue weighted by Crippen LogP contribution is 2.21. The van der Waals surface area contributed by atoms with Crippen LogP contribution in [0.5, 0.6) is 0 Å². The van der Waals surface area contributed by atoms with Gasteiger partial charge in [0.15, 0.2) is 0 Å². The third-order valence-corrected chi connectivity index (χ3v) is 4.23. The van der Waals surface area contributed by atoms with E-state index in [1.54, 1.807) is 6.07 Å². The topological polar surface area (TPSA) is 46.3 Å². The maximum atomic E-state index is 12.8. The minimum Gasteiger partial charge on any atom is -0.398 e. The summed E-state index contributed by atoms with van der Waals surface area (Å²) in [6.45, 7) is 3.45. The smallest absolute Gasteiger partial charge is 0.256 e. The Bertz CT molecular complexity index is 631. The molecule has 3 heteroatoms. The minimum absolute atomic E-state index is 0.0541. The molecule has 2 N–H and O–H groups in total. The highest BCUT2D eigenvalue weighted by molar-refractivity contribution is 6.00. The fourth-order valence-electron chi connectivity index (χ4n) is 3.01. The van der Waals surface area contributed by atoms with Crippen LogP contribution < -0.4 is 5.73 Å². The molecule has 0 saturated heterocycles. The van der Waals surface area contributed by atoms with Crippen LogP contribution in [0.2, 0.25) is 0 Å². The molecule has 0 fully saturated rings. The summed E-state index contributed by atoms with van der Waals surface area (Å²) in [5, 5.41) is 0. The molecule has 1 aliphatic rings. The van der Waals surface area contributed by atoms with E-state index in [4.69, 9.17) is 5.73 Å². The van der Waals surface area contributed by atoms with Crippen molar-refractivity contribution in [2.45, 2.75) is 19.8 Å². The summed E-state index contributed by atoms with van der Waals surface area (Å²) in [7, 11) is 0. The Balaban J connectivity index is 1.84. The first-order valence-electron chi connectivity index (χ1n) is 7.38. The maximum Gasteiger partial charge on any atom is 0.256 e. The number of carbonyl (C=O) groups excluding carboxylic acids is 1. The van der Waals surface area contributed by atoms with Gasteiger partial charge in [-0.15, -0.1) is 0 Å². The average Bonchev–Trinajstić information content (AvgIpc) is 2.69. The maximum absolute atomic E-state index is 12.8. The lowest BCUT2D eigenvalue weighted by molar-refractivity contribution is 0.0763. The molecule has 0 radical (unpaired) electrons. The Hall–Kier alpha value is -2.29. The van der Waals surface area contributed by atoms with E-state index in [9.17, 15) is 4.79 Å². The Morgan fingerprint density at radius 2 is 1.62 bits per heavy atom. The van der Waals surface area contributed by atoms with Gasteiger partial charge in [-0.25, -0.2) is 0 Å². The third kappa shape index (κ3) is 2.64. The highest BCUT2D eigenvalue weighted by atomic mass is 16.2. The summed E-state index contributed by atoms with van der Waals surface area (Å²) in [4.78, 5) is 14.7. The van der Waals surface area contributed by atoms with Crippen LogP contribution in [-0.2, 0) is 12.8 Å². The molecule has 1 amide bonds. The minimum atomic E-state index is 0.0541. The number of anilines is 1. The van der Waals surface area contributed by atoms with Crippen LogP contribution in [0.4, 0.5) is 5.69 Å². The first kappa shape index (κ1) is 13.7. The van der Waals surface area contributed by atoms with Gasteiger partial charge in [0, 0.05) is 18.8 Å². The molecule has 0 aliphatic carbocycles. The van der Waals surface area contributed by atoms with Gasteiger partial charge in [-0.1, -0.05) is 36.4 Å². The molecular weight excluding hydrogens is 260 g/mol. The molecule has 0 bridgehead atoms. The van der Waals surface area contributed by atoms with Crippen LogP contribution in [0.3, 0.4) is 0 Å². The van der Waals surface area contributed by atoms with Crippen LogP contribution in [0.25, 0.3) is 0 Å². The number of benzene rings is 2. The number of nitrogens with zero attached hydrogens (tertiary/aromatic N) is 1. The monoisotopic (exact) mass is 280 g/mol. The van der Waals surface area contributed by atoms with Gasteiger partial charge in [-0.05, 0) is 42.5 Å². The molecule has 0 unspecified atom stereocenters. The summed E-state index contributed by atoms with van der Waals surface area (Å²) in [6.07, 6.45) is 1.82. The number of aryl methyl sites for hydroxylation is 1. The number of nitrogen functional groups attached to an aromatic ring is 1. The van der Waals surface area contributed by atoms with E-state index in [0.29, 0.717) is 11.3 Å². The lowest BCUT2D eigenvalue weighted by Crippen LogP contribution is -2.34. The summed E-state index contributed by atoms with van der Waals surface area (Å²) in [5.74, 6) is 0.0541. The average molecular weight is 280 g/mol. The van der Waals surface area contributed by atoms with Gasteiger partial charge in [-0.2, -0.15) is 0 Å². The molecule has 108 valence electrons. The molecule has 2 aromatic rings. The van der Waals surface area contributed by atoms with Crippen molar-refractivity contribution >= 4 is 11.6 Å². The largest absolute Gasteiger partial charge is 0.398 e. The van der Waals surface area contributed by atoms with Crippen LogP contribution in [0.15, 0.2) is 42.5 Å². The van der Waals surface area contributed by atoms with Crippen molar-refractivity contribution in [3.8, 4) is 0 Å². The molecule has 21 heavy (non-hydrogen) atoms. The predicted octanol–water partition coefficient (Wildman–Crippen LogP) is 2.82. The first-order chi connectivity index (χ1) is 10.2. The van der Waals surface area contributed by atoms with Crippen molar-refractivity contribution in [2.75, 3.05) is 18.8 Å². The molecule has 1 heterocycles. The second-order valence-corrected chi connectivity index (χ2v) is 5.60. The predicted molar refractivity (Wildman–Crippen MR) is 85.3 cm³/mol. The molecule has 0 aromatic heterocycles. The number of nitrogens with two attached hydrogens (primary N) is 1. The standard InChI is InChI=1S/C18H20N2O/c1-13-5-4-8-16(19)17(13)18(21)20-11-9-14-6-2-3-7-15(14)10-12-20/h2-8H,9-12,19H2,1H3. The number of rotatable bonds is 1. The van der Waals surface area contributed by atoms with Crippen molar-refractivity contribution in [2.24, 2.45) is 0 Å². The van der Waals surface area contributed by atoms with Gasteiger partial charge in [0.2, 0.25) is 0 Å². The first-order valence-corrected chi connectivity index (χ1v) is 7.38. The highest BCUT2D eigenvalue weighted by Gasteiger charge is 2.22. The van der Waals surface area contributed by atoms with Crippen LogP contribution >= 0.6 is 0 Å². The molecule has 0 atom stereocenters. The number of carbonyl (C=O) groups is 1. The zero-order valence-electron chi connectivity index (χ0n) is 12.3. The normalized spacial score (nSPS) is 14.4. The second-order valence-electron chi connectivity index (χ2n) is 5.60. The summed E-state index contributed by atoms with van der Waals surface area (Å²) in [6, 6.07) is 14.1. The van der Waals surface area contributed by atoms with Crippen molar-refractivity contribution in [3.63, 3.8) is 0 Å². The number of amides is 1. The van der Waals surface area contributed by atoms with E-state index < -0.39 is 0 Å². The molecule has 0 saturated carbocycles. The van der Waals surface area contributed by atoms with E-state index in [-0.39, 0.29) is 5.91 Å². The summed E-state index contributed by atoms with van der Waals surface area (Å²) in [5.41, 5.74) is 10.9. The fraction of sp³-hybridized carbons (Fsp3) is 0.278. The van der Waals surface area contributed by atoms with Crippen LogP contribution in [-0.4, -0.2) is 23.9 Å². The Morgan fingerprint density at radius 3 is 2.19 bits per heavy atom. The van der Waals surface area contributed by atoms with E-state index in [2.05, 4.69) is 24.3 Å². The fourth-order valence-corrected chi connectivity index (χ4v) is 3.01. The number of fused-ring (bicyclic) bond motifs is 1. The molecule has 1 aliphatic heterocycles. The van der Waals surface area contributed by atoms with Gasteiger partial charge in [-0.3, -0.25) is 4.79 Å². The van der Waals surface area contributed by atoms with Crippen molar-refractivity contribution in [1.29, 1.82) is 0 Å². The molecule has 2 aromatic carbocycles. The van der Waals surface area contributed by atoms with Gasteiger partial charge in [0.1, 0.15) is 0 Å². The number of hydrogen-bond donors (Lipinski definition) is 1. The molecular formula is C18H20N2O. The van der Waals surface area contributed by atoms with Crippen LogP contribution in [0.1, 0.15) is 27.0 Å². The van der Waals surface area contributed by atoms with Gasteiger partial charge in [0.05, 0.1) is 5.56 Å². The van der Waals surface area contributed by atoms with Gasteiger partial charge in [0.25, 0.3) is 5.91 Å². The second kappa shape index (κ2) is 5.60. The molecule has 0 spiro atoms. The van der Waals surface area contributed by atoms with Gasteiger partial charge >= 0.3 is 0 Å². The zero-order chi connectivity index (χ0) is 14.8. The quantitative estimate of drug-likeness (QED) is 0.816. The Kier molecular flexibility index (Phi) is 3.65. The lowest BCUT2D eigenvalue weighted by Gasteiger charge is -2.22. The zero-order valence-corrected chi connectivity index (χ0v) is 12.3. The number of hydrogen-bond acceptors (Lipinski definition) is 2. The van der Waals surface area contributed by atoms with Gasteiger partial charge < -0.3 is 10.6 Å². The van der Waals surface area contributed by atoms with E-state index in [1.807, 2.05) is 24.0 Å². The van der Waals surface area contributed by atoms with E-state index in [1.165, 1.54) is 11.1 Å². The SMILES string of the molecule is Cc1cccc(N)c1C(=O)N1CCc2ccccc2CC1. The van der Waals surface area contributed by atoms with E-state index in [0.717, 1.165) is 31.5 Å². The Labute approximate surface area is 125 Å². The third-order valence-electron chi connectivity index (χ3n) is 4.23. The Morgan fingerprint density at radius 1 is 1.00 bits per heavy atom. The molecule has 3 nitrogen and oxygen atoms in total. The van der Waals surface area contributed by atoms with Crippen LogP contribution in [0, 0.1) is 6.92 Å². The summed E-state index contributed by atoms with van der Waals surface area (Å²) < 4.78 is 0. The van der Waals surface area contributed by atoms with Crippen molar-refractivity contribution in [3.05, 3.63) is 64.7 Å². The lowest BCUT2D eigenvalue weighted by atomic mass is 10.0. The summed E-state index contributed by atoms with van der Waals surface area (Å²) >= 11 is 0.